The number of nitrogens with one attached hydrogen (secondary N) is 1. The highest BCUT2D eigenvalue weighted by atomic mass is 19.1. The first-order valence-electron chi connectivity index (χ1n) is 9.81. The molecule has 2 aromatic carbocycles. The second-order valence-electron chi connectivity index (χ2n) is 7.16. The molecule has 0 aromatic heterocycles. The van der Waals surface area contributed by atoms with E-state index in [9.17, 15) is 18.8 Å². The summed E-state index contributed by atoms with van der Waals surface area (Å²) >= 11 is 0. The number of halogens is 1. The molecular weight excluding hydrogens is 387 g/mol. The van der Waals surface area contributed by atoms with Gasteiger partial charge in [-0.2, -0.15) is 0 Å². The van der Waals surface area contributed by atoms with Crippen molar-refractivity contribution in [1.29, 1.82) is 0 Å². The topological polar surface area (TPSA) is 75.7 Å². The van der Waals surface area contributed by atoms with Gasteiger partial charge in [0.05, 0.1) is 5.56 Å². The van der Waals surface area contributed by atoms with E-state index in [0.717, 1.165) is 17.2 Å². The number of nitrogens with zero attached hydrogens (tertiary/aromatic N) is 1. The highest BCUT2D eigenvalue weighted by molar-refractivity contribution is 5.96. The Kier molecular flexibility index (Phi) is 8.09. The zero-order valence-electron chi connectivity index (χ0n) is 17.7. The van der Waals surface area contributed by atoms with Crippen molar-refractivity contribution in [2.45, 2.75) is 40.2 Å². The molecule has 6 nitrogen and oxygen atoms in total. The van der Waals surface area contributed by atoms with Crippen LogP contribution in [0.25, 0.3) is 0 Å². The zero-order valence-corrected chi connectivity index (χ0v) is 17.7. The average Bonchev–Trinajstić information content (AvgIpc) is 2.72. The van der Waals surface area contributed by atoms with Crippen molar-refractivity contribution < 1.29 is 23.5 Å². The minimum atomic E-state index is -0.799. The van der Waals surface area contributed by atoms with Gasteiger partial charge >= 0.3 is 5.97 Å². The van der Waals surface area contributed by atoms with Crippen LogP contribution >= 0.6 is 0 Å². The number of esters is 1. The Hall–Kier alpha value is -3.22. The summed E-state index contributed by atoms with van der Waals surface area (Å²) in [5.74, 6) is -2.20. The number of carbonyl (C=O) groups is 3. The molecule has 1 atom stereocenters. The van der Waals surface area contributed by atoms with Gasteiger partial charge in [0.2, 0.25) is 5.91 Å². The molecule has 2 amide bonds. The van der Waals surface area contributed by atoms with Gasteiger partial charge in [-0.1, -0.05) is 25.1 Å². The summed E-state index contributed by atoms with van der Waals surface area (Å²) in [5, 5.41) is 2.83. The normalized spacial score (nSPS) is 11.5. The van der Waals surface area contributed by atoms with Crippen LogP contribution in [0.3, 0.4) is 0 Å². The molecule has 0 spiro atoms. The lowest BCUT2D eigenvalue weighted by Crippen LogP contribution is -2.45. The molecule has 0 aliphatic carbocycles. The Morgan fingerprint density at radius 1 is 1.13 bits per heavy atom. The van der Waals surface area contributed by atoms with E-state index in [-0.39, 0.29) is 24.1 Å². The van der Waals surface area contributed by atoms with Crippen LogP contribution in [0.4, 0.5) is 10.1 Å². The zero-order chi connectivity index (χ0) is 22.3. The molecule has 30 heavy (non-hydrogen) atoms. The smallest absolute Gasteiger partial charge is 0.338 e. The van der Waals surface area contributed by atoms with Crippen molar-refractivity contribution in [3.8, 4) is 0 Å². The molecule has 0 aliphatic heterocycles. The SMILES string of the molecule is CC[C@@H](C)N(CC(=O)Nc1cccc(C)c1C)C(=O)COC(=O)c1cccc(F)c1. The Morgan fingerprint density at radius 3 is 2.50 bits per heavy atom. The van der Waals surface area contributed by atoms with Crippen molar-refractivity contribution in [1.82, 2.24) is 4.90 Å². The van der Waals surface area contributed by atoms with Crippen LogP contribution in [-0.4, -0.2) is 41.9 Å². The van der Waals surface area contributed by atoms with Gasteiger partial charge in [0.1, 0.15) is 12.4 Å². The van der Waals surface area contributed by atoms with Crippen molar-refractivity contribution >= 4 is 23.5 Å². The third kappa shape index (κ3) is 6.14. The molecule has 7 heteroatoms. The summed E-state index contributed by atoms with van der Waals surface area (Å²) < 4.78 is 18.3. The molecule has 0 saturated heterocycles. The number of carbonyl (C=O) groups excluding carboxylic acids is 3. The van der Waals surface area contributed by atoms with E-state index in [4.69, 9.17) is 4.74 Å². The van der Waals surface area contributed by atoms with Gasteiger partial charge in [0.25, 0.3) is 5.91 Å². The van der Waals surface area contributed by atoms with E-state index in [0.29, 0.717) is 12.1 Å². The first-order valence-corrected chi connectivity index (χ1v) is 9.81. The maximum atomic E-state index is 13.3. The number of benzene rings is 2. The van der Waals surface area contributed by atoms with Crippen molar-refractivity contribution in [3.05, 3.63) is 65.0 Å². The lowest BCUT2D eigenvalue weighted by Gasteiger charge is -2.28. The van der Waals surface area contributed by atoms with E-state index in [1.807, 2.05) is 39.8 Å². The van der Waals surface area contributed by atoms with Crippen LogP contribution in [-0.2, 0) is 14.3 Å². The predicted octanol–water partition coefficient (Wildman–Crippen LogP) is 3.87. The molecule has 0 fully saturated rings. The number of anilines is 1. The van der Waals surface area contributed by atoms with Gasteiger partial charge in [0.15, 0.2) is 6.61 Å². The fraction of sp³-hybridized carbons (Fsp3) is 0.348. The summed E-state index contributed by atoms with van der Waals surface area (Å²) in [7, 11) is 0. The Morgan fingerprint density at radius 2 is 1.83 bits per heavy atom. The molecule has 2 aromatic rings. The molecule has 0 heterocycles. The van der Waals surface area contributed by atoms with E-state index in [1.165, 1.54) is 23.1 Å². The van der Waals surface area contributed by atoms with E-state index >= 15 is 0 Å². The summed E-state index contributed by atoms with van der Waals surface area (Å²) in [4.78, 5) is 38.6. The number of rotatable bonds is 8. The van der Waals surface area contributed by atoms with Crippen molar-refractivity contribution in [3.63, 3.8) is 0 Å². The first kappa shape index (κ1) is 23.1. The van der Waals surface area contributed by atoms with Crippen LogP contribution in [0.2, 0.25) is 0 Å². The second-order valence-corrected chi connectivity index (χ2v) is 7.16. The fourth-order valence-electron chi connectivity index (χ4n) is 2.85. The van der Waals surface area contributed by atoms with Gasteiger partial charge in [-0.25, -0.2) is 9.18 Å². The van der Waals surface area contributed by atoms with E-state index < -0.39 is 24.3 Å². The highest BCUT2D eigenvalue weighted by Crippen LogP contribution is 2.18. The van der Waals surface area contributed by atoms with Gasteiger partial charge in [-0.05, 0) is 62.6 Å². The molecule has 0 aliphatic rings. The maximum absolute atomic E-state index is 13.3. The Labute approximate surface area is 176 Å². The van der Waals surface area contributed by atoms with Crippen LogP contribution in [0, 0.1) is 19.7 Å². The van der Waals surface area contributed by atoms with Crippen LogP contribution in [0.1, 0.15) is 41.8 Å². The lowest BCUT2D eigenvalue weighted by molar-refractivity contribution is -0.139. The second kappa shape index (κ2) is 10.5. The van der Waals surface area contributed by atoms with Crippen LogP contribution < -0.4 is 5.32 Å². The highest BCUT2D eigenvalue weighted by Gasteiger charge is 2.23. The number of aryl methyl sites for hydroxylation is 1. The number of hydrogen-bond donors (Lipinski definition) is 1. The summed E-state index contributed by atoms with van der Waals surface area (Å²) in [6, 6.07) is 10.4. The van der Waals surface area contributed by atoms with Crippen LogP contribution in [0.15, 0.2) is 42.5 Å². The standard InChI is InChI=1S/C23H27FN2O4/c1-5-16(3)26(13-21(27)25-20-11-6-8-15(2)17(20)4)22(28)14-30-23(29)18-9-7-10-19(24)12-18/h6-12,16H,5,13-14H2,1-4H3,(H,25,27)/t16-/m1/s1. The molecule has 2 rings (SSSR count). The molecule has 0 unspecified atom stereocenters. The summed E-state index contributed by atoms with van der Waals surface area (Å²) in [5.41, 5.74) is 2.71. The lowest BCUT2D eigenvalue weighted by atomic mass is 10.1. The van der Waals surface area contributed by atoms with Gasteiger partial charge in [-0.3, -0.25) is 9.59 Å². The summed E-state index contributed by atoms with van der Waals surface area (Å²) in [6.45, 7) is 6.88. The minimum absolute atomic E-state index is 0.0190. The quantitative estimate of drug-likeness (QED) is 0.666. The number of hydrogen-bond acceptors (Lipinski definition) is 4. The minimum Gasteiger partial charge on any atom is -0.452 e. The Bertz CT molecular complexity index is 929. The largest absolute Gasteiger partial charge is 0.452 e. The molecular formula is C23H27FN2O4. The van der Waals surface area contributed by atoms with E-state index in [2.05, 4.69) is 5.32 Å². The molecule has 0 bridgehead atoms. The third-order valence-corrected chi connectivity index (χ3v) is 5.02. The van der Waals surface area contributed by atoms with Gasteiger partial charge in [-0.15, -0.1) is 0 Å². The summed E-state index contributed by atoms with van der Waals surface area (Å²) in [6.07, 6.45) is 0.625. The molecule has 0 radical (unpaired) electrons. The number of amides is 2. The first-order chi connectivity index (χ1) is 14.2. The number of ether oxygens (including phenoxy) is 1. The fourth-order valence-corrected chi connectivity index (χ4v) is 2.85. The van der Waals surface area contributed by atoms with Gasteiger partial charge < -0.3 is 15.0 Å². The van der Waals surface area contributed by atoms with Crippen molar-refractivity contribution in [2.75, 3.05) is 18.5 Å². The average molecular weight is 414 g/mol. The van der Waals surface area contributed by atoms with Gasteiger partial charge in [0, 0.05) is 11.7 Å². The Balaban J connectivity index is 2.01. The molecule has 160 valence electrons. The monoisotopic (exact) mass is 414 g/mol. The van der Waals surface area contributed by atoms with E-state index in [1.54, 1.807) is 6.07 Å². The predicted molar refractivity (Wildman–Crippen MR) is 113 cm³/mol. The molecule has 1 N–H and O–H groups in total. The van der Waals surface area contributed by atoms with Crippen LogP contribution in [0.5, 0.6) is 0 Å². The maximum Gasteiger partial charge on any atom is 0.338 e. The van der Waals surface area contributed by atoms with Crippen molar-refractivity contribution in [2.24, 2.45) is 0 Å². The molecule has 0 saturated carbocycles. The third-order valence-electron chi connectivity index (χ3n) is 5.02.